The number of hydrogen-bond donors (Lipinski definition) is 3. The van der Waals surface area contributed by atoms with Crippen molar-refractivity contribution >= 4 is 17.3 Å². The quantitative estimate of drug-likeness (QED) is 0.714. The second-order valence-corrected chi connectivity index (χ2v) is 4.75. The molecule has 22 heavy (non-hydrogen) atoms. The number of para-hydroxylation sites is 1. The van der Waals surface area contributed by atoms with Gasteiger partial charge in [-0.1, -0.05) is 30.3 Å². The van der Waals surface area contributed by atoms with E-state index in [0.29, 0.717) is 5.56 Å². The number of rotatable bonds is 6. The summed E-state index contributed by atoms with van der Waals surface area (Å²) < 4.78 is 4.69. The summed E-state index contributed by atoms with van der Waals surface area (Å²) in [5.41, 5.74) is 2.23. The maximum Gasteiger partial charge on any atom is 0.338 e. The summed E-state index contributed by atoms with van der Waals surface area (Å²) in [6, 6.07) is 16.5. The Balaban J connectivity index is 2.03. The molecule has 2 aromatic carbocycles. The maximum atomic E-state index is 11.4. The molecule has 0 bridgehead atoms. The van der Waals surface area contributed by atoms with Crippen LogP contribution in [0.15, 0.2) is 54.6 Å². The maximum absolute atomic E-state index is 11.4. The molecule has 2 unspecified atom stereocenters. The summed E-state index contributed by atoms with van der Waals surface area (Å²) in [6.07, 6.45) is -2.90. The molecule has 3 N–H and O–H groups in total. The first-order valence-corrected chi connectivity index (χ1v) is 7.06. The van der Waals surface area contributed by atoms with Crippen LogP contribution in [0.3, 0.4) is 0 Å². The zero-order valence-electron chi connectivity index (χ0n) is 12.3. The first-order valence-electron chi connectivity index (χ1n) is 7.06. The molecule has 2 rings (SSSR count). The van der Waals surface area contributed by atoms with Gasteiger partial charge in [-0.15, -0.1) is 0 Å². The van der Waals surface area contributed by atoms with Crippen molar-refractivity contribution < 1.29 is 19.7 Å². The molecule has 0 aliphatic rings. The lowest BCUT2D eigenvalue weighted by Gasteiger charge is -2.17. The van der Waals surface area contributed by atoms with Gasteiger partial charge in [0, 0.05) is 11.4 Å². The number of ether oxygens (including phenoxy) is 1. The van der Waals surface area contributed by atoms with Gasteiger partial charge in [0.05, 0.1) is 6.61 Å². The van der Waals surface area contributed by atoms with Crippen LogP contribution in [0.1, 0.15) is 18.6 Å². The molecular weight excluding hydrogens is 282 g/mol. The fraction of sp³-hybridized carbons (Fsp3) is 0.235. The van der Waals surface area contributed by atoms with Gasteiger partial charge in [0.1, 0.15) is 6.10 Å². The monoisotopic (exact) mass is 301 g/mol. The second-order valence-electron chi connectivity index (χ2n) is 4.75. The van der Waals surface area contributed by atoms with Crippen LogP contribution in [0.25, 0.3) is 0 Å². The lowest BCUT2D eigenvalue weighted by atomic mass is 10.0. The van der Waals surface area contributed by atoms with E-state index < -0.39 is 18.2 Å². The molecule has 0 aliphatic heterocycles. The molecule has 0 amide bonds. The minimum absolute atomic E-state index is 0.155. The third kappa shape index (κ3) is 4.07. The van der Waals surface area contributed by atoms with E-state index >= 15 is 0 Å². The molecule has 0 fully saturated rings. The Morgan fingerprint density at radius 3 is 2.23 bits per heavy atom. The molecule has 0 heterocycles. The normalized spacial score (nSPS) is 13.2. The average molecular weight is 301 g/mol. The molecule has 2 aromatic rings. The van der Waals surface area contributed by atoms with Crippen molar-refractivity contribution in [2.24, 2.45) is 0 Å². The molecular formula is C17H19NO4. The van der Waals surface area contributed by atoms with Gasteiger partial charge in [-0.25, -0.2) is 4.79 Å². The van der Waals surface area contributed by atoms with E-state index in [-0.39, 0.29) is 6.61 Å². The summed E-state index contributed by atoms with van der Waals surface area (Å²) in [4.78, 5) is 11.4. The van der Waals surface area contributed by atoms with E-state index in [1.165, 1.54) is 0 Å². The van der Waals surface area contributed by atoms with Crippen LogP contribution in [0.2, 0.25) is 0 Å². The van der Waals surface area contributed by atoms with E-state index in [1.54, 1.807) is 31.2 Å². The van der Waals surface area contributed by atoms with Crippen molar-refractivity contribution in [3.8, 4) is 0 Å². The highest BCUT2D eigenvalue weighted by Gasteiger charge is 2.26. The number of nitrogens with one attached hydrogen (secondary N) is 1. The summed E-state index contributed by atoms with van der Waals surface area (Å²) in [5, 5.41) is 22.9. The van der Waals surface area contributed by atoms with Crippen molar-refractivity contribution in [2.75, 3.05) is 11.9 Å². The fourth-order valence-electron chi connectivity index (χ4n) is 1.99. The Hall–Kier alpha value is -2.37. The van der Waals surface area contributed by atoms with Crippen LogP contribution in [-0.2, 0) is 9.53 Å². The third-order valence-electron chi connectivity index (χ3n) is 3.14. The number of aliphatic hydroxyl groups is 2. The van der Waals surface area contributed by atoms with Crippen molar-refractivity contribution in [1.82, 2.24) is 0 Å². The predicted molar refractivity (Wildman–Crippen MR) is 83.8 cm³/mol. The van der Waals surface area contributed by atoms with Gasteiger partial charge in [-0.2, -0.15) is 0 Å². The summed E-state index contributed by atoms with van der Waals surface area (Å²) in [7, 11) is 0. The van der Waals surface area contributed by atoms with Crippen LogP contribution < -0.4 is 5.32 Å². The second kappa shape index (κ2) is 7.59. The van der Waals surface area contributed by atoms with Crippen molar-refractivity contribution in [3.63, 3.8) is 0 Å². The minimum atomic E-state index is -1.59. The first kappa shape index (κ1) is 16.0. The van der Waals surface area contributed by atoms with Gasteiger partial charge in [0.25, 0.3) is 0 Å². The Bertz CT molecular complexity index is 598. The topological polar surface area (TPSA) is 78.8 Å². The highest BCUT2D eigenvalue weighted by molar-refractivity contribution is 5.75. The smallest absolute Gasteiger partial charge is 0.338 e. The molecule has 0 saturated heterocycles. The molecule has 0 aromatic heterocycles. The van der Waals surface area contributed by atoms with E-state index in [4.69, 9.17) is 0 Å². The lowest BCUT2D eigenvalue weighted by molar-refractivity contribution is -0.159. The minimum Gasteiger partial charge on any atom is -0.464 e. The van der Waals surface area contributed by atoms with E-state index in [2.05, 4.69) is 10.1 Å². The van der Waals surface area contributed by atoms with Crippen LogP contribution in [0.4, 0.5) is 11.4 Å². The molecule has 2 atom stereocenters. The Morgan fingerprint density at radius 1 is 1.05 bits per heavy atom. The number of carbonyl (C=O) groups is 1. The zero-order valence-corrected chi connectivity index (χ0v) is 12.3. The molecule has 0 saturated carbocycles. The number of hydrogen-bond acceptors (Lipinski definition) is 5. The summed E-state index contributed by atoms with van der Waals surface area (Å²) >= 11 is 0. The fourth-order valence-corrected chi connectivity index (χ4v) is 1.99. The van der Waals surface area contributed by atoms with Crippen molar-refractivity contribution in [1.29, 1.82) is 0 Å². The molecule has 0 radical (unpaired) electrons. The van der Waals surface area contributed by atoms with Crippen LogP contribution in [0, 0.1) is 0 Å². The predicted octanol–water partition coefficient (Wildman–Crippen LogP) is 2.39. The number of anilines is 2. The van der Waals surface area contributed by atoms with Crippen LogP contribution in [0.5, 0.6) is 0 Å². The largest absolute Gasteiger partial charge is 0.464 e. The molecule has 5 nitrogen and oxygen atoms in total. The molecule has 5 heteroatoms. The number of carbonyl (C=O) groups excluding carboxylic acids is 1. The van der Waals surface area contributed by atoms with Gasteiger partial charge >= 0.3 is 5.97 Å². The number of aliphatic hydroxyl groups excluding tert-OH is 2. The molecule has 0 spiro atoms. The van der Waals surface area contributed by atoms with Gasteiger partial charge in [-0.05, 0) is 36.8 Å². The molecule has 116 valence electrons. The van der Waals surface area contributed by atoms with Crippen LogP contribution in [-0.4, -0.2) is 28.9 Å². The summed E-state index contributed by atoms with van der Waals surface area (Å²) in [6.45, 7) is 1.80. The van der Waals surface area contributed by atoms with Crippen LogP contribution >= 0.6 is 0 Å². The van der Waals surface area contributed by atoms with Gasteiger partial charge < -0.3 is 20.3 Å². The average Bonchev–Trinajstić information content (AvgIpc) is 2.55. The van der Waals surface area contributed by atoms with Gasteiger partial charge in [0.2, 0.25) is 0 Å². The summed E-state index contributed by atoms with van der Waals surface area (Å²) in [5.74, 6) is -0.832. The van der Waals surface area contributed by atoms with Gasteiger partial charge in [-0.3, -0.25) is 0 Å². The lowest BCUT2D eigenvalue weighted by Crippen LogP contribution is -2.29. The van der Waals surface area contributed by atoms with Crippen molar-refractivity contribution in [2.45, 2.75) is 19.1 Å². The SMILES string of the molecule is CCOC(=O)C(O)C(O)c1ccc(Nc2ccccc2)cc1. The van der Waals surface area contributed by atoms with E-state index in [1.807, 2.05) is 30.3 Å². The Morgan fingerprint density at radius 2 is 1.64 bits per heavy atom. The molecule has 0 aliphatic carbocycles. The Kier molecular flexibility index (Phi) is 5.52. The standard InChI is InChI=1S/C17H19NO4/c1-2-22-17(21)16(20)15(19)12-8-10-14(11-9-12)18-13-6-4-3-5-7-13/h3-11,15-16,18-20H,2H2,1H3. The Labute approximate surface area is 129 Å². The van der Waals surface area contributed by atoms with Crippen molar-refractivity contribution in [3.05, 3.63) is 60.2 Å². The highest BCUT2D eigenvalue weighted by atomic mass is 16.5. The first-order chi connectivity index (χ1) is 10.6. The van der Waals surface area contributed by atoms with E-state index in [9.17, 15) is 15.0 Å². The highest BCUT2D eigenvalue weighted by Crippen LogP contribution is 2.22. The van der Waals surface area contributed by atoms with Gasteiger partial charge in [0.15, 0.2) is 6.10 Å². The zero-order chi connectivity index (χ0) is 15.9. The third-order valence-corrected chi connectivity index (χ3v) is 3.14. The number of esters is 1. The number of benzene rings is 2. The van der Waals surface area contributed by atoms with E-state index in [0.717, 1.165) is 11.4 Å².